The van der Waals surface area contributed by atoms with E-state index < -0.39 is 0 Å². The van der Waals surface area contributed by atoms with Crippen LogP contribution < -0.4 is 10.6 Å². The molecule has 0 saturated carbocycles. The van der Waals surface area contributed by atoms with Crippen molar-refractivity contribution in [3.8, 4) is 5.75 Å². The van der Waals surface area contributed by atoms with Crippen molar-refractivity contribution in [1.29, 1.82) is 0 Å². The van der Waals surface area contributed by atoms with Crippen molar-refractivity contribution >= 4 is 35.2 Å². The number of carbonyl (C=O) groups is 1. The number of rotatable bonds is 6. The normalized spacial score (nSPS) is 13.3. The van der Waals surface area contributed by atoms with Crippen LogP contribution in [-0.4, -0.2) is 55.0 Å². The Morgan fingerprint density at radius 3 is 2.48 bits per heavy atom. The van der Waals surface area contributed by atoms with E-state index in [1.54, 1.807) is 51.4 Å². The van der Waals surface area contributed by atoms with Crippen LogP contribution in [0.1, 0.15) is 46.6 Å². The molecule has 168 valence electrons. The lowest BCUT2D eigenvalue weighted by Gasteiger charge is -2.24. The smallest absolute Gasteiger partial charge is 0.257 e. The third kappa shape index (κ3) is 5.41. The molecule has 8 nitrogen and oxygen atoms in total. The maximum atomic E-state index is 12.6. The van der Waals surface area contributed by atoms with Crippen LogP contribution in [0.5, 0.6) is 5.75 Å². The summed E-state index contributed by atoms with van der Waals surface area (Å²) < 4.78 is 10.0. The first-order valence-electron chi connectivity index (χ1n) is 9.90. The Hall–Kier alpha value is -2.94. The summed E-state index contributed by atoms with van der Waals surface area (Å²) in [6.45, 7) is 5.73. The quantitative estimate of drug-likeness (QED) is 0.396. The van der Waals surface area contributed by atoms with Crippen molar-refractivity contribution in [2.45, 2.75) is 33.2 Å². The third-order valence-corrected chi connectivity index (χ3v) is 5.19. The number of phenols is 1. The Labute approximate surface area is 188 Å². The van der Waals surface area contributed by atoms with Gasteiger partial charge in [0.15, 0.2) is 17.4 Å². The van der Waals surface area contributed by atoms with E-state index in [1.807, 2.05) is 26.2 Å². The number of amidine groups is 2. The average molecular weight is 446 g/mol. The van der Waals surface area contributed by atoms with Gasteiger partial charge in [0.25, 0.3) is 5.91 Å². The minimum absolute atomic E-state index is 0.128. The molecule has 0 fully saturated rings. The van der Waals surface area contributed by atoms with Gasteiger partial charge in [0, 0.05) is 27.4 Å². The fourth-order valence-electron chi connectivity index (χ4n) is 3.14. The van der Waals surface area contributed by atoms with E-state index in [4.69, 9.17) is 10.2 Å². The third-order valence-electron chi connectivity index (χ3n) is 4.83. The van der Waals surface area contributed by atoms with E-state index in [2.05, 4.69) is 9.39 Å². The van der Waals surface area contributed by atoms with Gasteiger partial charge in [-0.3, -0.25) is 9.79 Å². The largest absolute Gasteiger partial charge is 0.505 e. The van der Waals surface area contributed by atoms with Crippen LogP contribution in [0.25, 0.3) is 0 Å². The molecule has 0 spiro atoms. The lowest BCUT2D eigenvalue weighted by molar-refractivity contribution is 0.0824. The molecule has 0 aliphatic carbocycles. The van der Waals surface area contributed by atoms with Gasteiger partial charge in [-0.1, -0.05) is 13.0 Å². The molecule has 0 aliphatic rings. The second-order valence-electron chi connectivity index (χ2n) is 7.45. The van der Waals surface area contributed by atoms with Gasteiger partial charge in [0.1, 0.15) is 11.8 Å². The number of aliphatic imine (C=N–C) groups is 1. The van der Waals surface area contributed by atoms with Crippen molar-refractivity contribution < 1.29 is 14.3 Å². The number of phenolic OH excluding ortho intramolecular Hbond substituents is 1. The number of hydrogen-bond donors (Lipinski definition) is 2. The minimum atomic E-state index is -0.283. The molecule has 1 aromatic heterocycles. The fraction of sp³-hybridized carbons (Fsp3) is 0.409. The van der Waals surface area contributed by atoms with E-state index in [1.165, 1.54) is 16.8 Å². The first-order chi connectivity index (χ1) is 14.6. The van der Waals surface area contributed by atoms with Gasteiger partial charge in [0.2, 0.25) is 0 Å². The number of nitrogens with two attached hydrogens (primary N) is 1. The monoisotopic (exact) mass is 445 g/mol. The number of carbonyl (C=O) groups excluding carboxylic acids is 1. The summed E-state index contributed by atoms with van der Waals surface area (Å²) in [6, 6.07) is 5.19. The standard InChI is InChI=1S/C22H31N5O3S/c1-8-15(17-11-13(2)12-30-17)24-20(23)21(25-31-7)27(6)16-10-9-14(3)18(19(16)28)22(29)26(4)5/h9-12,15,28H,8H2,1-7H3,(H2,23,24)/t15-/m1/s1. The summed E-state index contributed by atoms with van der Waals surface area (Å²) in [4.78, 5) is 20.3. The maximum Gasteiger partial charge on any atom is 0.257 e. The van der Waals surface area contributed by atoms with Crippen LogP contribution in [-0.2, 0) is 0 Å². The number of aromatic hydroxyl groups is 1. The summed E-state index contributed by atoms with van der Waals surface area (Å²) in [5, 5.41) is 10.9. The van der Waals surface area contributed by atoms with Gasteiger partial charge in [-0.15, -0.1) is 0 Å². The molecule has 3 N–H and O–H groups in total. The molecule has 9 heteroatoms. The number of hydrogen-bond acceptors (Lipinski definition) is 6. The lowest BCUT2D eigenvalue weighted by atomic mass is 10.0. The van der Waals surface area contributed by atoms with E-state index in [9.17, 15) is 9.90 Å². The highest BCUT2D eigenvalue weighted by Gasteiger charge is 2.24. The molecule has 0 saturated heterocycles. The van der Waals surface area contributed by atoms with Gasteiger partial charge >= 0.3 is 0 Å². The zero-order chi connectivity index (χ0) is 23.3. The predicted octanol–water partition coefficient (Wildman–Crippen LogP) is 3.93. The van der Waals surface area contributed by atoms with E-state index in [-0.39, 0.29) is 29.1 Å². The van der Waals surface area contributed by atoms with Crippen molar-refractivity contribution in [3.63, 3.8) is 0 Å². The molecule has 2 aromatic rings. The highest BCUT2D eigenvalue weighted by Crippen LogP contribution is 2.34. The Kier molecular flexibility index (Phi) is 8.15. The van der Waals surface area contributed by atoms with Crippen molar-refractivity contribution in [3.05, 3.63) is 46.9 Å². The summed E-state index contributed by atoms with van der Waals surface area (Å²) in [5.41, 5.74) is 8.69. The minimum Gasteiger partial charge on any atom is -0.505 e. The maximum absolute atomic E-state index is 12.6. The number of likely N-dealkylation sites (N-methyl/N-ethyl adjacent to an activating group) is 1. The first kappa shape index (κ1) is 24.3. The second-order valence-corrected chi connectivity index (χ2v) is 7.99. The Morgan fingerprint density at radius 2 is 1.97 bits per heavy atom. The van der Waals surface area contributed by atoms with Crippen LogP contribution >= 0.6 is 11.9 Å². The zero-order valence-electron chi connectivity index (χ0n) is 19.1. The number of benzene rings is 1. The van der Waals surface area contributed by atoms with Crippen LogP contribution in [0.15, 0.2) is 38.3 Å². The molecular weight excluding hydrogens is 414 g/mol. The van der Waals surface area contributed by atoms with E-state index in [0.717, 1.165) is 11.3 Å². The highest BCUT2D eigenvalue weighted by molar-refractivity contribution is 7.97. The Morgan fingerprint density at radius 1 is 1.29 bits per heavy atom. The van der Waals surface area contributed by atoms with Crippen molar-refractivity contribution in [1.82, 2.24) is 4.90 Å². The van der Waals surface area contributed by atoms with E-state index >= 15 is 0 Å². The zero-order valence-corrected chi connectivity index (χ0v) is 19.9. The number of nitrogens with zero attached hydrogens (tertiary/aromatic N) is 4. The van der Waals surface area contributed by atoms with Gasteiger partial charge in [0.05, 0.1) is 17.5 Å². The van der Waals surface area contributed by atoms with Gasteiger partial charge in [-0.05, 0) is 55.5 Å². The molecule has 1 atom stereocenters. The number of anilines is 1. The van der Waals surface area contributed by atoms with E-state index in [0.29, 0.717) is 23.5 Å². The molecule has 0 bridgehead atoms. The van der Waals surface area contributed by atoms with Crippen LogP contribution in [0, 0.1) is 13.8 Å². The SMILES string of the molecule is CC[C@@H](N=C(N)C(=NSC)N(C)c1ccc(C)c(C(=O)N(C)C)c1O)c1cc(C)co1. The molecule has 2 rings (SSSR count). The topological polar surface area (TPSA) is 108 Å². The lowest BCUT2D eigenvalue weighted by Crippen LogP contribution is -2.38. The Bertz CT molecular complexity index is 997. The number of aryl methyl sites for hydroxylation is 2. The van der Waals surface area contributed by atoms with Gasteiger partial charge in [-0.2, -0.15) is 4.40 Å². The molecule has 0 aliphatic heterocycles. The average Bonchev–Trinajstić information content (AvgIpc) is 3.15. The predicted molar refractivity (Wildman–Crippen MR) is 128 cm³/mol. The van der Waals surface area contributed by atoms with Crippen LogP contribution in [0.4, 0.5) is 5.69 Å². The summed E-state index contributed by atoms with van der Waals surface area (Å²) in [7, 11) is 5.01. The summed E-state index contributed by atoms with van der Waals surface area (Å²) >= 11 is 1.23. The highest BCUT2D eigenvalue weighted by atomic mass is 32.2. The molecule has 1 heterocycles. The molecule has 1 aromatic carbocycles. The molecular formula is C22H31N5O3S. The molecule has 31 heavy (non-hydrogen) atoms. The second kappa shape index (κ2) is 10.4. The van der Waals surface area contributed by atoms with Crippen molar-refractivity contribution in [2.75, 3.05) is 32.3 Å². The number of amides is 1. The summed E-state index contributed by atoms with van der Waals surface area (Å²) in [6.07, 6.45) is 4.19. The first-order valence-corrected chi connectivity index (χ1v) is 11.1. The molecule has 0 radical (unpaired) electrons. The molecule has 1 amide bonds. The van der Waals surface area contributed by atoms with Crippen LogP contribution in [0.2, 0.25) is 0 Å². The summed E-state index contributed by atoms with van der Waals surface area (Å²) in [5.74, 6) is 0.895. The number of furan rings is 1. The van der Waals surface area contributed by atoms with Gasteiger partial charge in [-0.25, -0.2) is 0 Å². The molecule has 0 unspecified atom stereocenters. The fourth-order valence-corrected chi connectivity index (χ4v) is 3.52. The Balaban J connectivity index is 2.49. The van der Waals surface area contributed by atoms with Gasteiger partial charge < -0.3 is 25.1 Å². The van der Waals surface area contributed by atoms with Crippen molar-refractivity contribution in [2.24, 2.45) is 15.1 Å². The van der Waals surface area contributed by atoms with Crippen LogP contribution in [0.3, 0.4) is 0 Å².